The quantitative estimate of drug-likeness (QED) is 0.217. The zero-order chi connectivity index (χ0) is 13.0. The zero-order valence-corrected chi connectivity index (χ0v) is 13.1. The smallest absolute Gasteiger partial charge is 0.129 e. The molecule has 0 aromatic rings. The van der Waals surface area contributed by atoms with E-state index in [1.54, 1.807) is 0 Å². The van der Waals surface area contributed by atoms with E-state index in [0.717, 1.165) is 6.42 Å². The molecule has 0 atom stereocenters. The van der Waals surface area contributed by atoms with Crippen LogP contribution in [0.4, 0.5) is 0 Å². The van der Waals surface area contributed by atoms with Crippen molar-refractivity contribution in [1.29, 1.82) is 0 Å². The fraction of sp³-hybridized carbons (Fsp3) is 0.750. The van der Waals surface area contributed by atoms with Crippen molar-refractivity contribution < 1.29 is 0 Å². The lowest BCUT2D eigenvalue weighted by atomic mass is 10.1. The van der Waals surface area contributed by atoms with E-state index in [-0.39, 0.29) is 0 Å². The molecule has 0 amide bonds. The molecule has 0 rings (SSSR count). The van der Waals surface area contributed by atoms with Crippen LogP contribution in [0.5, 0.6) is 0 Å². The summed E-state index contributed by atoms with van der Waals surface area (Å²) in [5.41, 5.74) is 3.43. The number of hydrogen-bond donors (Lipinski definition) is 0. The van der Waals surface area contributed by atoms with Crippen LogP contribution in [0, 0.1) is 11.5 Å². The van der Waals surface area contributed by atoms with Crippen LogP contribution in [-0.4, -0.2) is 8.07 Å². The van der Waals surface area contributed by atoms with Gasteiger partial charge in [0.1, 0.15) is 8.07 Å². The van der Waals surface area contributed by atoms with E-state index in [9.17, 15) is 0 Å². The predicted octanol–water partition coefficient (Wildman–Crippen LogP) is 5.56. The van der Waals surface area contributed by atoms with Gasteiger partial charge in [-0.3, -0.25) is 0 Å². The van der Waals surface area contributed by atoms with Gasteiger partial charge in [-0.15, -0.1) is 18.0 Å². The van der Waals surface area contributed by atoms with Crippen molar-refractivity contribution in [3.8, 4) is 11.5 Å². The summed E-state index contributed by atoms with van der Waals surface area (Å²) in [5, 5.41) is 0. The molecule has 0 aliphatic heterocycles. The molecule has 0 spiro atoms. The Morgan fingerprint density at radius 1 is 0.882 bits per heavy atom. The molecule has 1 heteroatoms. The summed E-state index contributed by atoms with van der Waals surface area (Å²) >= 11 is 0. The Kier molecular flexibility index (Phi) is 10.4. The molecule has 0 aromatic heterocycles. The molecule has 0 saturated carbocycles. The van der Waals surface area contributed by atoms with Gasteiger partial charge in [0.2, 0.25) is 0 Å². The summed E-state index contributed by atoms with van der Waals surface area (Å²) in [7, 11) is -1.12. The minimum atomic E-state index is -1.12. The van der Waals surface area contributed by atoms with Crippen LogP contribution in [0.15, 0.2) is 12.7 Å². The monoisotopic (exact) mass is 250 g/mol. The maximum Gasteiger partial charge on any atom is 0.129 e. The third kappa shape index (κ3) is 15.5. The molecule has 17 heavy (non-hydrogen) atoms. The van der Waals surface area contributed by atoms with Crippen LogP contribution in [0.25, 0.3) is 0 Å². The van der Waals surface area contributed by atoms with Crippen LogP contribution in [0.3, 0.4) is 0 Å². The van der Waals surface area contributed by atoms with Crippen molar-refractivity contribution in [3.05, 3.63) is 12.7 Å². The van der Waals surface area contributed by atoms with Gasteiger partial charge in [-0.05, 0) is 19.3 Å². The third-order valence-electron chi connectivity index (χ3n) is 2.67. The van der Waals surface area contributed by atoms with Crippen LogP contribution in [-0.2, 0) is 0 Å². The molecule has 0 bridgehead atoms. The average Bonchev–Trinajstić information content (AvgIpc) is 2.24. The van der Waals surface area contributed by atoms with Gasteiger partial charge in [-0.2, -0.15) is 0 Å². The fourth-order valence-corrected chi connectivity index (χ4v) is 2.37. The minimum Gasteiger partial charge on any atom is -0.132 e. The van der Waals surface area contributed by atoms with Crippen LogP contribution >= 0.6 is 0 Å². The first-order valence-corrected chi connectivity index (χ1v) is 10.7. The first-order valence-electron chi connectivity index (χ1n) is 7.17. The Balaban J connectivity index is 3.18. The lowest BCUT2D eigenvalue weighted by Gasteiger charge is -2.03. The van der Waals surface area contributed by atoms with Gasteiger partial charge in [-0.1, -0.05) is 57.8 Å². The van der Waals surface area contributed by atoms with Crippen molar-refractivity contribution in [1.82, 2.24) is 0 Å². The van der Waals surface area contributed by atoms with Crippen molar-refractivity contribution in [2.45, 2.75) is 77.4 Å². The topological polar surface area (TPSA) is 0 Å². The average molecular weight is 251 g/mol. The Morgan fingerprint density at radius 3 is 1.94 bits per heavy atom. The molecule has 0 heterocycles. The second-order valence-electron chi connectivity index (χ2n) is 5.85. The molecule has 0 nitrogen and oxygen atoms in total. The lowest BCUT2D eigenvalue weighted by molar-refractivity contribution is 0.585. The Hall–Kier alpha value is -0.483. The van der Waals surface area contributed by atoms with Crippen molar-refractivity contribution >= 4 is 8.07 Å². The number of allylic oxidation sites excluding steroid dienone is 1. The fourth-order valence-electron chi connectivity index (χ4n) is 1.71. The highest BCUT2D eigenvalue weighted by Crippen LogP contribution is 2.09. The van der Waals surface area contributed by atoms with Crippen LogP contribution < -0.4 is 0 Å². The Morgan fingerprint density at radius 2 is 1.41 bits per heavy atom. The second kappa shape index (κ2) is 10.7. The summed E-state index contributed by atoms with van der Waals surface area (Å²) in [6, 6.07) is 0. The number of rotatable bonds is 9. The van der Waals surface area contributed by atoms with E-state index in [0.29, 0.717) is 0 Å². The van der Waals surface area contributed by atoms with E-state index >= 15 is 0 Å². The maximum absolute atomic E-state index is 3.74. The van der Waals surface area contributed by atoms with E-state index in [4.69, 9.17) is 0 Å². The van der Waals surface area contributed by atoms with Crippen molar-refractivity contribution in [3.63, 3.8) is 0 Å². The molecule has 0 unspecified atom stereocenters. The molecule has 0 radical (unpaired) electrons. The standard InChI is InChI=1S/C16H30Si/c1-5-6-7-8-9-10-11-12-13-14-15-16-17(2,3)4/h5H,1,6-14H2,2-4H3. The van der Waals surface area contributed by atoms with Crippen LogP contribution in [0.1, 0.15) is 57.8 Å². The highest BCUT2D eigenvalue weighted by molar-refractivity contribution is 6.83. The van der Waals surface area contributed by atoms with E-state index in [1.807, 2.05) is 6.08 Å². The van der Waals surface area contributed by atoms with Gasteiger partial charge in [0.05, 0.1) is 0 Å². The number of unbranched alkanes of at least 4 members (excludes halogenated alkanes) is 8. The normalized spacial score (nSPS) is 10.8. The molecule has 0 aromatic carbocycles. The first kappa shape index (κ1) is 16.5. The van der Waals surface area contributed by atoms with Gasteiger partial charge < -0.3 is 0 Å². The molecule has 0 aliphatic carbocycles. The van der Waals surface area contributed by atoms with Crippen LogP contribution in [0.2, 0.25) is 19.6 Å². The highest BCUT2D eigenvalue weighted by atomic mass is 28.3. The van der Waals surface area contributed by atoms with E-state index in [2.05, 4.69) is 37.7 Å². The predicted molar refractivity (Wildman–Crippen MR) is 82.9 cm³/mol. The molecule has 98 valence electrons. The highest BCUT2D eigenvalue weighted by Gasteiger charge is 2.06. The van der Waals surface area contributed by atoms with E-state index < -0.39 is 8.07 Å². The summed E-state index contributed by atoms with van der Waals surface area (Å²) in [5.74, 6) is 3.34. The van der Waals surface area contributed by atoms with Gasteiger partial charge in [0.15, 0.2) is 0 Å². The second-order valence-corrected chi connectivity index (χ2v) is 10.6. The number of hydrogen-bond acceptors (Lipinski definition) is 0. The minimum absolute atomic E-state index is 1.11. The first-order chi connectivity index (χ1) is 8.06. The maximum atomic E-state index is 3.74. The van der Waals surface area contributed by atoms with E-state index in [1.165, 1.54) is 51.4 Å². The summed E-state index contributed by atoms with van der Waals surface area (Å²) in [4.78, 5) is 0. The Labute approximate surface area is 110 Å². The lowest BCUT2D eigenvalue weighted by Crippen LogP contribution is -2.16. The molecule has 0 N–H and O–H groups in total. The summed E-state index contributed by atoms with van der Waals surface area (Å²) in [6.45, 7) is 10.7. The zero-order valence-electron chi connectivity index (χ0n) is 12.1. The van der Waals surface area contributed by atoms with Crippen molar-refractivity contribution in [2.24, 2.45) is 0 Å². The van der Waals surface area contributed by atoms with Crippen molar-refractivity contribution in [2.75, 3.05) is 0 Å². The van der Waals surface area contributed by atoms with Gasteiger partial charge in [0.25, 0.3) is 0 Å². The molecular formula is C16H30Si. The SMILES string of the molecule is C=CCCCCCCCCCC#C[Si](C)(C)C. The molecule has 0 fully saturated rings. The Bertz CT molecular complexity index is 236. The summed E-state index contributed by atoms with van der Waals surface area (Å²) in [6.07, 6.45) is 13.9. The van der Waals surface area contributed by atoms with Gasteiger partial charge in [0, 0.05) is 6.42 Å². The van der Waals surface area contributed by atoms with Gasteiger partial charge in [-0.25, -0.2) is 0 Å². The molecule has 0 aliphatic rings. The summed E-state index contributed by atoms with van der Waals surface area (Å²) < 4.78 is 0. The van der Waals surface area contributed by atoms with Gasteiger partial charge >= 0.3 is 0 Å². The largest absolute Gasteiger partial charge is 0.132 e. The third-order valence-corrected chi connectivity index (χ3v) is 3.60. The molecule has 0 saturated heterocycles. The molecular weight excluding hydrogens is 220 g/mol.